The highest BCUT2D eigenvalue weighted by atomic mass is 16.5. The van der Waals surface area contributed by atoms with Crippen LogP contribution in [0.3, 0.4) is 0 Å². The summed E-state index contributed by atoms with van der Waals surface area (Å²) in [6.07, 6.45) is 3.15. The number of anilines is 1. The molecule has 1 atom stereocenters. The van der Waals surface area contributed by atoms with Crippen LogP contribution in [0.15, 0.2) is 24.3 Å². The van der Waals surface area contributed by atoms with E-state index in [4.69, 9.17) is 4.74 Å². The van der Waals surface area contributed by atoms with Gasteiger partial charge in [-0.1, -0.05) is 6.92 Å². The molecule has 4 heteroatoms. The van der Waals surface area contributed by atoms with Crippen molar-refractivity contribution in [2.45, 2.75) is 39.2 Å². The van der Waals surface area contributed by atoms with Crippen molar-refractivity contribution in [2.24, 2.45) is 5.92 Å². The van der Waals surface area contributed by atoms with Crippen molar-refractivity contribution < 1.29 is 9.53 Å². The summed E-state index contributed by atoms with van der Waals surface area (Å²) in [5.41, 5.74) is 1.78. The molecule has 1 aliphatic heterocycles. The standard InChI is InChI=1S/C17H26N2O2/c1-3-10-18-16-6-4-15(5-7-16)17(20)19-13(2)14-8-11-21-12-9-14/h4-7,13-14,18H,3,8-12H2,1-2H3,(H,19,20). The second-order valence-electron chi connectivity index (χ2n) is 5.72. The first-order chi connectivity index (χ1) is 10.2. The third-order valence-electron chi connectivity index (χ3n) is 4.06. The summed E-state index contributed by atoms with van der Waals surface area (Å²) in [6.45, 7) is 6.79. The Hall–Kier alpha value is -1.55. The van der Waals surface area contributed by atoms with E-state index in [2.05, 4.69) is 24.5 Å². The molecule has 1 saturated heterocycles. The first-order valence-electron chi connectivity index (χ1n) is 7.93. The van der Waals surface area contributed by atoms with Gasteiger partial charge in [0.25, 0.3) is 5.91 Å². The number of carbonyl (C=O) groups is 1. The maximum atomic E-state index is 12.3. The van der Waals surface area contributed by atoms with Crippen molar-refractivity contribution in [3.8, 4) is 0 Å². The molecule has 1 fully saturated rings. The predicted octanol–water partition coefficient (Wildman–Crippen LogP) is 3.05. The van der Waals surface area contributed by atoms with Crippen molar-refractivity contribution in [3.05, 3.63) is 29.8 Å². The van der Waals surface area contributed by atoms with Crippen molar-refractivity contribution in [1.82, 2.24) is 5.32 Å². The van der Waals surface area contributed by atoms with Crippen molar-refractivity contribution in [3.63, 3.8) is 0 Å². The van der Waals surface area contributed by atoms with Crippen molar-refractivity contribution in [1.29, 1.82) is 0 Å². The minimum Gasteiger partial charge on any atom is -0.385 e. The molecular weight excluding hydrogens is 264 g/mol. The van der Waals surface area contributed by atoms with E-state index in [-0.39, 0.29) is 11.9 Å². The molecule has 1 amide bonds. The van der Waals surface area contributed by atoms with E-state index in [0.29, 0.717) is 5.92 Å². The van der Waals surface area contributed by atoms with Crippen molar-refractivity contribution in [2.75, 3.05) is 25.1 Å². The third-order valence-corrected chi connectivity index (χ3v) is 4.06. The summed E-state index contributed by atoms with van der Waals surface area (Å²) in [5.74, 6) is 0.532. The Labute approximate surface area is 127 Å². The second-order valence-corrected chi connectivity index (χ2v) is 5.72. The summed E-state index contributed by atoms with van der Waals surface area (Å²) >= 11 is 0. The molecule has 1 unspecified atom stereocenters. The van der Waals surface area contributed by atoms with Gasteiger partial charge in [0, 0.05) is 37.1 Å². The second kappa shape index (κ2) is 8.03. The zero-order valence-corrected chi connectivity index (χ0v) is 13.0. The highest BCUT2D eigenvalue weighted by Crippen LogP contribution is 2.19. The van der Waals surface area contributed by atoms with Gasteiger partial charge < -0.3 is 15.4 Å². The number of hydrogen-bond donors (Lipinski definition) is 2. The number of rotatable bonds is 6. The molecule has 0 bridgehead atoms. The molecule has 1 heterocycles. The van der Waals surface area contributed by atoms with Gasteiger partial charge in [-0.25, -0.2) is 0 Å². The van der Waals surface area contributed by atoms with E-state index in [1.807, 2.05) is 24.3 Å². The first kappa shape index (κ1) is 15.8. The molecule has 116 valence electrons. The zero-order valence-electron chi connectivity index (χ0n) is 13.0. The van der Waals surface area contributed by atoms with E-state index in [1.54, 1.807) is 0 Å². The summed E-state index contributed by atoms with van der Waals surface area (Å²) in [4.78, 5) is 12.3. The highest BCUT2D eigenvalue weighted by molar-refractivity contribution is 5.94. The van der Waals surface area contributed by atoms with Crippen LogP contribution in [0.5, 0.6) is 0 Å². The van der Waals surface area contributed by atoms with Gasteiger partial charge in [-0.2, -0.15) is 0 Å². The molecule has 0 aliphatic carbocycles. The normalized spacial score (nSPS) is 17.2. The Morgan fingerprint density at radius 1 is 1.29 bits per heavy atom. The average molecular weight is 290 g/mol. The Bertz CT molecular complexity index is 439. The lowest BCUT2D eigenvalue weighted by Gasteiger charge is -2.28. The topological polar surface area (TPSA) is 50.4 Å². The molecule has 1 aliphatic rings. The van der Waals surface area contributed by atoms with Crippen LogP contribution in [0, 0.1) is 5.92 Å². The Morgan fingerprint density at radius 3 is 2.57 bits per heavy atom. The summed E-state index contributed by atoms with van der Waals surface area (Å²) in [6, 6.07) is 7.88. The predicted molar refractivity (Wildman–Crippen MR) is 85.7 cm³/mol. The fraction of sp³-hybridized carbons (Fsp3) is 0.588. The largest absolute Gasteiger partial charge is 0.385 e. The maximum Gasteiger partial charge on any atom is 0.251 e. The Morgan fingerprint density at radius 2 is 1.95 bits per heavy atom. The van der Waals surface area contributed by atoms with Crippen molar-refractivity contribution >= 4 is 11.6 Å². The van der Waals surface area contributed by atoms with Gasteiger partial charge in [-0.15, -0.1) is 0 Å². The van der Waals surface area contributed by atoms with Gasteiger partial charge in [0.15, 0.2) is 0 Å². The Balaban J connectivity index is 1.87. The number of amides is 1. The van der Waals surface area contributed by atoms with Gasteiger partial charge >= 0.3 is 0 Å². The van der Waals surface area contributed by atoms with Crippen LogP contribution in [0.2, 0.25) is 0 Å². The highest BCUT2D eigenvalue weighted by Gasteiger charge is 2.22. The quantitative estimate of drug-likeness (QED) is 0.846. The van der Waals surface area contributed by atoms with Gasteiger partial charge in [-0.3, -0.25) is 4.79 Å². The van der Waals surface area contributed by atoms with Gasteiger partial charge in [-0.05, 0) is 56.4 Å². The van der Waals surface area contributed by atoms with E-state index in [9.17, 15) is 4.79 Å². The molecule has 21 heavy (non-hydrogen) atoms. The van der Waals surface area contributed by atoms with Crippen LogP contribution >= 0.6 is 0 Å². The molecule has 2 rings (SSSR count). The van der Waals surface area contributed by atoms with Crippen LogP contribution in [-0.2, 0) is 4.74 Å². The molecule has 2 N–H and O–H groups in total. The molecule has 1 aromatic carbocycles. The fourth-order valence-corrected chi connectivity index (χ4v) is 2.63. The zero-order chi connectivity index (χ0) is 15.1. The van der Waals surface area contributed by atoms with Crippen LogP contribution < -0.4 is 10.6 Å². The van der Waals surface area contributed by atoms with Gasteiger partial charge in [0.1, 0.15) is 0 Å². The minimum absolute atomic E-state index is 0.0102. The van der Waals surface area contributed by atoms with Gasteiger partial charge in [0.2, 0.25) is 0 Å². The summed E-state index contributed by atoms with van der Waals surface area (Å²) in [5, 5.41) is 6.42. The number of carbonyl (C=O) groups excluding carboxylic acids is 1. The molecule has 0 saturated carbocycles. The lowest BCUT2D eigenvalue weighted by Crippen LogP contribution is -2.40. The van der Waals surface area contributed by atoms with E-state index in [0.717, 1.165) is 50.3 Å². The minimum atomic E-state index is 0.0102. The smallest absolute Gasteiger partial charge is 0.251 e. The summed E-state index contributed by atoms with van der Waals surface area (Å²) in [7, 11) is 0. The summed E-state index contributed by atoms with van der Waals surface area (Å²) < 4.78 is 5.37. The lowest BCUT2D eigenvalue weighted by molar-refractivity contribution is 0.0538. The maximum absolute atomic E-state index is 12.3. The van der Waals surface area contributed by atoms with E-state index in [1.165, 1.54) is 0 Å². The van der Waals surface area contributed by atoms with E-state index >= 15 is 0 Å². The van der Waals surface area contributed by atoms with Gasteiger partial charge in [0.05, 0.1) is 0 Å². The lowest BCUT2D eigenvalue weighted by atomic mass is 9.93. The molecular formula is C17H26N2O2. The van der Waals surface area contributed by atoms with Crippen LogP contribution in [0.25, 0.3) is 0 Å². The SMILES string of the molecule is CCCNc1ccc(C(=O)NC(C)C2CCOCC2)cc1. The Kier molecular flexibility index (Phi) is 6.05. The first-order valence-corrected chi connectivity index (χ1v) is 7.93. The molecule has 0 aromatic heterocycles. The number of benzene rings is 1. The average Bonchev–Trinajstić information content (AvgIpc) is 2.54. The molecule has 4 nitrogen and oxygen atoms in total. The number of ether oxygens (including phenoxy) is 1. The number of hydrogen-bond acceptors (Lipinski definition) is 3. The molecule has 0 spiro atoms. The molecule has 1 aromatic rings. The monoisotopic (exact) mass is 290 g/mol. The van der Waals surface area contributed by atoms with Crippen LogP contribution in [-0.4, -0.2) is 31.7 Å². The fourth-order valence-electron chi connectivity index (χ4n) is 2.63. The van der Waals surface area contributed by atoms with E-state index < -0.39 is 0 Å². The number of nitrogens with one attached hydrogen (secondary N) is 2. The third kappa shape index (κ3) is 4.74. The van der Waals surface area contributed by atoms with Crippen LogP contribution in [0.4, 0.5) is 5.69 Å². The molecule has 0 radical (unpaired) electrons. The van der Waals surface area contributed by atoms with Crippen LogP contribution in [0.1, 0.15) is 43.5 Å².